The van der Waals surface area contributed by atoms with E-state index in [1.165, 1.54) is 18.4 Å². The van der Waals surface area contributed by atoms with Gasteiger partial charge in [-0.25, -0.2) is 4.79 Å². The molecule has 0 aliphatic carbocycles. The quantitative estimate of drug-likeness (QED) is 0.777. The standard InChI is InChI=1S/C13H17F3N4O2S/c1-7-8(5-18-4-3-17)23-11-9(7)10(21)20(6-13(14,15)16)12(22)19(11)2/h18H,3-6,17H2,1-2H3. The van der Waals surface area contributed by atoms with Crippen LogP contribution in [0.1, 0.15) is 10.4 Å². The molecule has 0 unspecified atom stereocenters. The Kier molecular flexibility index (Phi) is 4.97. The van der Waals surface area contributed by atoms with Gasteiger partial charge in [0.1, 0.15) is 11.4 Å². The first-order valence-corrected chi connectivity index (χ1v) is 7.68. The highest BCUT2D eigenvalue weighted by Crippen LogP contribution is 2.27. The van der Waals surface area contributed by atoms with Crippen molar-refractivity contribution in [2.24, 2.45) is 12.8 Å². The van der Waals surface area contributed by atoms with E-state index in [1.54, 1.807) is 6.92 Å². The molecule has 0 bridgehead atoms. The van der Waals surface area contributed by atoms with Gasteiger partial charge in [0, 0.05) is 31.6 Å². The minimum atomic E-state index is -4.64. The fraction of sp³-hybridized carbons (Fsp3) is 0.538. The topological polar surface area (TPSA) is 82.1 Å². The molecule has 0 saturated carbocycles. The van der Waals surface area contributed by atoms with Crippen molar-refractivity contribution in [1.82, 2.24) is 14.5 Å². The van der Waals surface area contributed by atoms with Crippen LogP contribution in [0.5, 0.6) is 0 Å². The molecule has 2 rings (SSSR count). The molecule has 0 spiro atoms. The van der Waals surface area contributed by atoms with E-state index in [2.05, 4.69) is 5.32 Å². The number of hydrogen-bond donors (Lipinski definition) is 2. The number of hydrogen-bond acceptors (Lipinski definition) is 5. The van der Waals surface area contributed by atoms with E-state index in [0.717, 1.165) is 9.44 Å². The van der Waals surface area contributed by atoms with E-state index in [1.807, 2.05) is 0 Å². The molecule has 23 heavy (non-hydrogen) atoms. The maximum atomic E-state index is 12.6. The summed E-state index contributed by atoms with van der Waals surface area (Å²) in [5, 5.41) is 3.23. The van der Waals surface area contributed by atoms with E-state index < -0.39 is 24.0 Å². The molecule has 2 aromatic heterocycles. The average Bonchev–Trinajstić information content (AvgIpc) is 2.78. The van der Waals surface area contributed by atoms with Gasteiger partial charge >= 0.3 is 11.9 Å². The number of aromatic nitrogens is 2. The molecule has 2 aromatic rings. The molecular formula is C13H17F3N4O2S. The first-order chi connectivity index (χ1) is 10.7. The first-order valence-electron chi connectivity index (χ1n) is 6.86. The maximum Gasteiger partial charge on any atom is 0.406 e. The maximum absolute atomic E-state index is 12.6. The second kappa shape index (κ2) is 6.46. The number of nitrogens with zero attached hydrogens (tertiary/aromatic N) is 2. The Labute approximate surface area is 133 Å². The Hall–Kier alpha value is -1.65. The van der Waals surface area contributed by atoms with E-state index in [-0.39, 0.29) is 9.95 Å². The molecule has 0 amide bonds. The predicted molar refractivity (Wildman–Crippen MR) is 82.9 cm³/mol. The molecule has 0 saturated heterocycles. The van der Waals surface area contributed by atoms with Gasteiger partial charge < -0.3 is 11.1 Å². The van der Waals surface area contributed by atoms with Crippen molar-refractivity contribution < 1.29 is 13.2 Å². The van der Waals surface area contributed by atoms with Crippen molar-refractivity contribution in [2.75, 3.05) is 13.1 Å². The third-order valence-corrected chi connectivity index (χ3v) is 4.82. The summed E-state index contributed by atoms with van der Waals surface area (Å²) in [6.45, 7) is 1.54. The summed E-state index contributed by atoms with van der Waals surface area (Å²) < 4.78 is 39.2. The molecular weight excluding hydrogens is 333 g/mol. The van der Waals surface area contributed by atoms with Gasteiger partial charge in [-0.2, -0.15) is 13.2 Å². The number of nitrogens with one attached hydrogen (secondary N) is 1. The van der Waals surface area contributed by atoms with Crippen LogP contribution in [0.2, 0.25) is 0 Å². The van der Waals surface area contributed by atoms with E-state index in [0.29, 0.717) is 30.0 Å². The number of nitrogens with two attached hydrogens (primary N) is 1. The van der Waals surface area contributed by atoms with E-state index in [4.69, 9.17) is 5.73 Å². The summed E-state index contributed by atoms with van der Waals surface area (Å²) in [5.74, 6) is 0. The van der Waals surface area contributed by atoms with Crippen molar-refractivity contribution >= 4 is 21.6 Å². The predicted octanol–water partition coefficient (Wildman–Crippen LogP) is 0.681. The lowest BCUT2D eigenvalue weighted by molar-refractivity contribution is -0.141. The third kappa shape index (κ3) is 3.48. The van der Waals surface area contributed by atoms with Gasteiger partial charge in [-0.15, -0.1) is 11.3 Å². The lowest BCUT2D eigenvalue weighted by Crippen LogP contribution is -2.42. The summed E-state index contributed by atoms with van der Waals surface area (Å²) in [5.41, 5.74) is 4.10. The zero-order chi connectivity index (χ0) is 17.4. The number of aryl methyl sites for hydroxylation is 2. The fourth-order valence-electron chi connectivity index (χ4n) is 2.31. The second-order valence-corrected chi connectivity index (χ2v) is 6.23. The van der Waals surface area contributed by atoms with Crippen LogP contribution >= 0.6 is 11.3 Å². The highest BCUT2D eigenvalue weighted by molar-refractivity contribution is 7.18. The Morgan fingerprint density at radius 3 is 2.52 bits per heavy atom. The van der Waals surface area contributed by atoms with Gasteiger partial charge in [-0.1, -0.05) is 0 Å². The van der Waals surface area contributed by atoms with Gasteiger partial charge in [0.05, 0.1) is 5.39 Å². The van der Waals surface area contributed by atoms with Gasteiger partial charge in [-0.05, 0) is 12.5 Å². The van der Waals surface area contributed by atoms with Crippen LogP contribution in [0.3, 0.4) is 0 Å². The zero-order valence-corrected chi connectivity index (χ0v) is 13.5. The Balaban J connectivity index is 2.64. The van der Waals surface area contributed by atoms with E-state index >= 15 is 0 Å². The van der Waals surface area contributed by atoms with Crippen LogP contribution in [0, 0.1) is 6.92 Å². The Bertz CT molecular complexity index is 835. The SMILES string of the molecule is Cc1c(CNCCN)sc2c1c(=O)n(CC(F)(F)F)c(=O)n2C. The molecule has 10 heteroatoms. The lowest BCUT2D eigenvalue weighted by atomic mass is 10.2. The van der Waals surface area contributed by atoms with Crippen molar-refractivity contribution in [3.05, 3.63) is 31.3 Å². The molecule has 0 atom stereocenters. The number of thiophene rings is 1. The Morgan fingerprint density at radius 1 is 1.30 bits per heavy atom. The number of alkyl halides is 3. The lowest BCUT2D eigenvalue weighted by Gasteiger charge is -2.10. The van der Waals surface area contributed by atoms with Crippen molar-refractivity contribution in [2.45, 2.75) is 26.2 Å². The molecule has 0 aliphatic rings. The zero-order valence-electron chi connectivity index (χ0n) is 12.7. The van der Waals surface area contributed by atoms with Crippen LogP contribution in [0.15, 0.2) is 9.59 Å². The fourth-order valence-corrected chi connectivity index (χ4v) is 3.53. The summed E-state index contributed by atoms with van der Waals surface area (Å²) in [4.78, 5) is 25.6. The molecule has 0 aliphatic heterocycles. The summed E-state index contributed by atoms with van der Waals surface area (Å²) in [6, 6.07) is 0. The minimum Gasteiger partial charge on any atom is -0.329 e. The molecule has 128 valence electrons. The van der Waals surface area contributed by atoms with E-state index in [9.17, 15) is 22.8 Å². The molecule has 0 fully saturated rings. The molecule has 2 heterocycles. The first kappa shape index (κ1) is 17.7. The van der Waals surface area contributed by atoms with Gasteiger partial charge in [0.25, 0.3) is 5.56 Å². The van der Waals surface area contributed by atoms with Gasteiger partial charge in [-0.3, -0.25) is 13.9 Å². The number of halogens is 3. The Morgan fingerprint density at radius 2 is 1.96 bits per heavy atom. The molecule has 0 radical (unpaired) electrons. The van der Waals surface area contributed by atoms with Gasteiger partial charge in [0.2, 0.25) is 0 Å². The van der Waals surface area contributed by atoms with Crippen molar-refractivity contribution in [1.29, 1.82) is 0 Å². The molecule has 0 aromatic carbocycles. The minimum absolute atomic E-state index is 0.158. The van der Waals surface area contributed by atoms with Crippen molar-refractivity contribution in [3.8, 4) is 0 Å². The largest absolute Gasteiger partial charge is 0.406 e. The summed E-state index contributed by atoms with van der Waals surface area (Å²) >= 11 is 1.22. The van der Waals surface area contributed by atoms with Gasteiger partial charge in [0.15, 0.2) is 0 Å². The number of fused-ring (bicyclic) bond motifs is 1. The highest BCUT2D eigenvalue weighted by atomic mass is 32.1. The van der Waals surface area contributed by atoms with Crippen LogP contribution < -0.4 is 22.3 Å². The normalized spacial score (nSPS) is 12.3. The monoisotopic (exact) mass is 350 g/mol. The third-order valence-electron chi connectivity index (χ3n) is 3.45. The number of rotatable bonds is 5. The van der Waals surface area contributed by atoms with Crippen molar-refractivity contribution in [3.63, 3.8) is 0 Å². The average molecular weight is 350 g/mol. The smallest absolute Gasteiger partial charge is 0.329 e. The molecule has 3 N–H and O–H groups in total. The molecule has 6 nitrogen and oxygen atoms in total. The van der Waals surface area contributed by atoms with Crippen LogP contribution in [-0.4, -0.2) is 28.4 Å². The van der Waals surface area contributed by atoms with Crippen LogP contribution in [0.4, 0.5) is 13.2 Å². The summed E-state index contributed by atoms with van der Waals surface area (Å²) in [6.07, 6.45) is -4.64. The van der Waals surface area contributed by atoms with Crippen LogP contribution in [0.25, 0.3) is 10.2 Å². The van der Waals surface area contributed by atoms with Crippen LogP contribution in [-0.2, 0) is 20.1 Å². The second-order valence-electron chi connectivity index (χ2n) is 5.14. The summed E-state index contributed by atoms with van der Waals surface area (Å²) in [7, 11) is 1.37. The highest BCUT2D eigenvalue weighted by Gasteiger charge is 2.31.